The maximum Gasteiger partial charge on any atom is 0.255 e. The Balaban J connectivity index is 0.864. The van der Waals surface area contributed by atoms with Crippen molar-refractivity contribution >= 4 is 17.3 Å². The van der Waals surface area contributed by atoms with Crippen molar-refractivity contribution in [3.63, 3.8) is 0 Å². The van der Waals surface area contributed by atoms with Crippen LogP contribution in [0.25, 0.3) is 5.69 Å². The largest absolute Gasteiger partial charge is 0.397 e. The van der Waals surface area contributed by atoms with Crippen LogP contribution in [0.4, 0.5) is 11.4 Å². The number of carbonyl (C=O) groups excluding carboxylic acids is 1. The first kappa shape index (κ1) is 27.2. The van der Waals surface area contributed by atoms with E-state index in [1.165, 1.54) is 43.5 Å². The number of hydrogen-bond donors (Lipinski definition) is 3. The van der Waals surface area contributed by atoms with Crippen LogP contribution >= 0.6 is 0 Å². The molecule has 6 rings (SSSR count). The highest BCUT2D eigenvalue weighted by molar-refractivity contribution is 6.05. The Morgan fingerprint density at radius 1 is 0.951 bits per heavy atom. The lowest BCUT2D eigenvalue weighted by atomic mass is 9.96. The minimum absolute atomic E-state index is 0.136. The Morgan fingerprint density at radius 3 is 2.49 bits per heavy atom. The third-order valence-electron chi connectivity index (χ3n) is 8.58. The van der Waals surface area contributed by atoms with E-state index in [2.05, 4.69) is 63.2 Å². The summed E-state index contributed by atoms with van der Waals surface area (Å²) in [6.07, 6.45) is 10.1. The van der Waals surface area contributed by atoms with E-state index < -0.39 is 0 Å². The smallest absolute Gasteiger partial charge is 0.255 e. The molecule has 41 heavy (non-hydrogen) atoms. The number of hydrogen-bond acceptors (Lipinski definition) is 5. The lowest BCUT2D eigenvalue weighted by Gasteiger charge is -2.32. The normalized spacial score (nSPS) is 19.2. The van der Waals surface area contributed by atoms with Crippen LogP contribution in [-0.2, 0) is 6.42 Å². The van der Waals surface area contributed by atoms with Gasteiger partial charge in [-0.3, -0.25) is 4.79 Å². The summed E-state index contributed by atoms with van der Waals surface area (Å²) < 4.78 is 1.98. The molecule has 3 aromatic carbocycles. The van der Waals surface area contributed by atoms with Crippen molar-refractivity contribution in [2.75, 3.05) is 37.2 Å². The molecule has 1 aromatic heterocycles. The minimum atomic E-state index is -0.136. The average molecular weight is 549 g/mol. The number of aromatic nitrogens is 2. The van der Waals surface area contributed by atoms with Crippen LogP contribution < -0.4 is 16.4 Å². The van der Waals surface area contributed by atoms with Gasteiger partial charge in [-0.15, -0.1) is 0 Å². The van der Waals surface area contributed by atoms with Gasteiger partial charge in [-0.1, -0.05) is 42.5 Å². The molecule has 2 unspecified atom stereocenters. The third-order valence-corrected chi connectivity index (χ3v) is 8.58. The van der Waals surface area contributed by atoms with Crippen LogP contribution in [-0.4, -0.2) is 52.8 Å². The molecule has 1 saturated carbocycles. The number of nitrogens with one attached hydrogen (secondary N) is 2. The van der Waals surface area contributed by atoms with Gasteiger partial charge in [-0.05, 0) is 112 Å². The molecule has 7 nitrogen and oxygen atoms in total. The van der Waals surface area contributed by atoms with E-state index >= 15 is 0 Å². The number of piperidine rings is 1. The molecule has 0 bridgehead atoms. The number of nitrogens with two attached hydrogens (primary N) is 1. The zero-order valence-electron chi connectivity index (χ0n) is 23.6. The van der Waals surface area contributed by atoms with E-state index in [0.717, 1.165) is 37.5 Å². The molecule has 0 spiro atoms. The molecule has 1 amide bonds. The summed E-state index contributed by atoms with van der Waals surface area (Å²) in [5, 5.41) is 11.3. The van der Waals surface area contributed by atoms with Crippen molar-refractivity contribution in [2.24, 2.45) is 5.92 Å². The quantitative estimate of drug-likeness (QED) is 0.216. The van der Waals surface area contributed by atoms with E-state index in [4.69, 9.17) is 5.73 Å². The van der Waals surface area contributed by atoms with Crippen molar-refractivity contribution in [3.8, 4) is 5.69 Å². The van der Waals surface area contributed by atoms with Gasteiger partial charge in [0.1, 0.15) is 0 Å². The molecule has 7 heteroatoms. The van der Waals surface area contributed by atoms with Gasteiger partial charge in [-0.2, -0.15) is 5.10 Å². The number of anilines is 2. The van der Waals surface area contributed by atoms with Crippen LogP contribution in [0, 0.1) is 5.92 Å². The third kappa shape index (κ3) is 7.04. The molecular weight excluding hydrogens is 508 g/mol. The molecule has 2 atom stereocenters. The number of nitrogen functional groups attached to an aromatic ring is 1. The monoisotopic (exact) mass is 548 g/mol. The van der Waals surface area contributed by atoms with Gasteiger partial charge in [-0.25, -0.2) is 4.68 Å². The topological polar surface area (TPSA) is 88.2 Å². The zero-order valence-corrected chi connectivity index (χ0v) is 23.6. The molecule has 4 aromatic rings. The van der Waals surface area contributed by atoms with Crippen molar-refractivity contribution < 1.29 is 4.79 Å². The summed E-state index contributed by atoms with van der Waals surface area (Å²) >= 11 is 0. The van der Waals surface area contributed by atoms with Gasteiger partial charge < -0.3 is 21.3 Å². The van der Waals surface area contributed by atoms with Crippen LogP contribution in [0.15, 0.2) is 91.3 Å². The van der Waals surface area contributed by atoms with Gasteiger partial charge in [0.15, 0.2) is 0 Å². The lowest BCUT2D eigenvalue weighted by Crippen LogP contribution is -2.38. The number of nitrogens with zero attached hydrogens (tertiary/aromatic N) is 3. The SMILES string of the molecule is Nc1ccccc1NC(=O)c1ccc(CCCN2CCC(CNC3CC3c3cnn(-c4ccccc4)c3)CC2)cc1. The first-order valence-electron chi connectivity index (χ1n) is 14.9. The molecule has 1 aliphatic carbocycles. The Bertz CT molecular complexity index is 1430. The minimum Gasteiger partial charge on any atom is -0.397 e. The zero-order chi connectivity index (χ0) is 28.0. The highest BCUT2D eigenvalue weighted by Gasteiger charge is 2.39. The Morgan fingerprint density at radius 2 is 1.71 bits per heavy atom. The van der Waals surface area contributed by atoms with Crippen LogP contribution in [0.2, 0.25) is 0 Å². The number of carbonyl (C=O) groups is 1. The van der Waals surface area contributed by atoms with Crippen molar-refractivity contribution in [1.82, 2.24) is 20.0 Å². The van der Waals surface area contributed by atoms with E-state index in [9.17, 15) is 4.79 Å². The fourth-order valence-electron chi connectivity index (χ4n) is 5.91. The molecule has 1 saturated heterocycles. The molecule has 212 valence electrons. The van der Waals surface area contributed by atoms with Gasteiger partial charge >= 0.3 is 0 Å². The van der Waals surface area contributed by atoms with E-state index in [1.807, 2.05) is 47.3 Å². The second-order valence-electron chi connectivity index (χ2n) is 11.5. The predicted molar refractivity (Wildman–Crippen MR) is 165 cm³/mol. The second-order valence-corrected chi connectivity index (χ2v) is 11.5. The molecule has 2 aliphatic rings. The van der Waals surface area contributed by atoms with Crippen LogP contribution in [0.3, 0.4) is 0 Å². The highest BCUT2D eigenvalue weighted by atomic mass is 16.1. The van der Waals surface area contributed by atoms with E-state index in [-0.39, 0.29) is 5.91 Å². The summed E-state index contributed by atoms with van der Waals surface area (Å²) in [5.41, 5.74) is 11.5. The average Bonchev–Trinajstić information content (AvgIpc) is 3.62. The molecule has 1 aliphatic heterocycles. The van der Waals surface area contributed by atoms with Gasteiger partial charge in [0, 0.05) is 23.7 Å². The van der Waals surface area contributed by atoms with Crippen LogP contribution in [0.5, 0.6) is 0 Å². The van der Waals surface area contributed by atoms with Gasteiger partial charge in [0.2, 0.25) is 0 Å². The highest BCUT2D eigenvalue weighted by Crippen LogP contribution is 2.41. The summed E-state index contributed by atoms with van der Waals surface area (Å²) in [5.74, 6) is 1.23. The molecule has 4 N–H and O–H groups in total. The summed E-state index contributed by atoms with van der Waals surface area (Å²) in [4.78, 5) is 15.2. The number of para-hydroxylation sites is 3. The van der Waals surface area contributed by atoms with Crippen LogP contribution in [0.1, 0.15) is 53.1 Å². The van der Waals surface area contributed by atoms with Gasteiger partial charge in [0.25, 0.3) is 5.91 Å². The Hall–Kier alpha value is -3.94. The standard InChI is InChI=1S/C34H40N6O/c35-31-10-4-5-11-32(31)38-34(41)27-14-12-25(13-15-27)7-6-18-39-19-16-26(17-20-39)22-36-33-21-30(33)28-23-37-40(24-28)29-8-2-1-3-9-29/h1-5,8-15,23-24,26,30,33,36H,6-7,16-22,35H2,(H,38,41). The fourth-order valence-corrected chi connectivity index (χ4v) is 5.91. The maximum atomic E-state index is 12.6. The van der Waals surface area contributed by atoms with Crippen molar-refractivity contribution in [1.29, 1.82) is 0 Å². The van der Waals surface area contributed by atoms with E-state index in [1.54, 1.807) is 6.07 Å². The molecule has 0 radical (unpaired) electrons. The number of rotatable bonds is 11. The summed E-state index contributed by atoms with van der Waals surface area (Å²) in [7, 11) is 0. The van der Waals surface area contributed by atoms with E-state index in [0.29, 0.717) is 28.9 Å². The number of aryl methyl sites for hydroxylation is 1. The number of likely N-dealkylation sites (tertiary alicyclic amines) is 1. The maximum absolute atomic E-state index is 12.6. The fraction of sp³-hybridized carbons (Fsp3) is 0.353. The summed E-state index contributed by atoms with van der Waals surface area (Å²) in [6.45, 7) is 4.63. The van der Waals surface area contributed by atoms with Crippen molar-refractivity contribution in [3.05, 3.63) is 108 Å². The Labute approximate surface area is 242 Å². The summed E-state index contributed by atoms with van der Waals surface area (Å²) in [6, 6.07) is 26.2. The first-order chi connectivity index (χ1) is 20.1. The number of amides is 1. The molecule has 2 fully saturated rings. The second kappa shape index (κ2) is 12.7. The molecule has 2 heterocycles. The lowest BCUT2D eigenvalue weighted by molar-refractivity contribution is 0.102. The number of benzene rings is 3. The van der Waals surface area contributed by atoms with Gasteiger partial charge in [0.05, 0.1) is 23.3 Å². The van der Waals surface area contributed by atoms with Crippen molar-refractivity contribution in [2.45, 2.75) is 44.1 Å². The molecular formula is C34H40N6O. The Kier molecular flexibility index (Phi) is 8.44. The predicted octanol–water partition coefficient (Wildman–Crippen LogP) is 5.50. The first-order valence-corrected chi connectivity index (χ1v) is 14.9.